The van der Waals surface area contributed by atoms with Crippen LogP contribution in [0.5, 0.6) is 0 Å². The zero-order valence-corrected chi connectivity index (χ0v) is 17.5. The molecule has 0 saturated carbocycles. The number of nitrogens with zero attached hydrogens (tertiary/aromatic N) is 4. The Balaban J connectivity index is 1.57. The molecule has 1 aliphatic heterocycles. The molecule has 1 saturated heterocycles. The summed E-state index contributed by atoms with van der Waals surface area (Å²) in [6.07, 6.45) is 6.80. The summed E-state index contributed by atoms with van der Waals surface area (Å²) in [6.45, 7) is 10.4. The lowest BCUT2D eigenvalue weighted by Gasteiger charge is -2.44. The SMILES string of the molecule is CC(C)(C)CN1CCC2c3nc(-c4ccncc4)ncc3-c3ccccc3C2C1. The third kappa shape index (κ3) is 3.46. The van der Waals surface area contributed by atoms with Crippen molar-refractivity contribution in [3.8, 4) is 22.5 Å². The lowest BCUT2D eigenvalue weighted by Crippen LogP contribution is -2.43. The first kappa shape index (κ1) is 18.4. The van der Waals surface area contributed by atoms with Crippen LogP contribution in [0, 0.1) is 5.41 Å². The maximum Gasteiger partial charge on any atom is 0.159 e. The van der Waals surface area contributed by atoms with E-state index in [1.54, 1.807) is 12.4 Å². The Kier molecular flexibility index (Phi) is 4.47. The first-order valence-corrected chi connectivity index (χ1v) is 10.6. The highest BCUT2D eigenvalue weighted by atomic mass is 15.1. The molecule has 0 spiro atoms. The first-order chi connectivity index (χ1) is 14.0. The van der Waals surface area contributed by atoms with Crippen molar-refractivity contribution in [2.24, 2.45) is 5.41 Å². The molecule has 29 heavy (non-hydrogen) atoms. The lowest BCUT2D eigenvalue weighted by molar-refractivity contribution is 0.137. The summed E-state index contributed by atoms with van der Waals surface area (Å²) in [4.78, 5) is 16.6. The van der Waals surface area contributed by atoms with Gasteiger partial charge < -0.3 is 4.90 Å². The number of aromatic nitrogens is 3. The molecule has 0 amide bonds. The number of pyridine rings is 1. The van der Waals surface area contributed by atoms with Crippen molar-refractivity contribution in [1.29, 1.82) is 0 Å². The molecule has 2 unspecified atom stereocenters. The summed E-state index contributed by atoms with van der Waals surface area (Å²) in [5.74, 6) is 1.76. The zero-order chi connectivity index (χ0) is 20.0. The Morgan fingerprint density at radius 2 is 1.79 bits per heavy atom. The average molecular weight is 385 g/mol. The van der Waals surface area contributed by atoms with Crippen LogP contribution in [0.25, 0.3) is 22.5 Å². The van der Waals surface area contributed by atoms with E-state index in [0.717, 1.165) is 37.4 Å². The van der Waals surface area contributed by atoms with E-state index in [1.807, 2.05) is 18.3 Å². The molecule has 0 N–H and O–H groups in total. The number of likely N-dealkylation sites (tertiary alicyclic amines) is 1. The summed E-state index contributed by atoms with van der Waals surface area (Å²) in [6, 6.07) is 12.8. The topological polar surface area (TPSA) is 41.9 Å². The molecule has 1 aromatic carbocycles. The van der Waals surface area contributed by atoms with Crippen LogP contribution < -0.4 is 0 Å². The van der Waals surface area contributed by atoms with Crippen LogP contribution in [0.4, 0.5) is 0 Å². The average Bonchev–Trinajstić information content (AvgIpc) is 2.73. The van der Waals surface area contributed by atoms with E-state index >= 15 is 0 Å². The molecule has 0 bridgehead atoms. The number of hydrogen-bond acceptors (Lipinski definition) is 4. The van der Waals surface area contributed by atoms with Crippen molar-refractivity contribution >= 4 is 0 Å². The number of piperidine rings is 1. The monoisotopic (exact) mass is 384 g/mol. The molecule has 2 atom stereocenters. The fraction of sp³-hybridized carbons (Fsp3) is 0.400. The molecule has 1 fully saturated rings. The highest BCUT2D eigenvalue weighted by Crippen LogP contribution is 2.49. The largest absolute Gasteiger partial charge is 0.302 e. The fourth-order valence-electron chi connectivity index (χ4n) is 5.07. The molecule has 1 aliphatic carbocycles. The third-order valence-electron chi connectivity index (χ3n) is 6.15. The fourth-order valence-corrected chi connectivity index (χ4v) is 5.07. The molecule has 3 aromatic rings. The molecule has 0 radical (unpaired) electrons. The van der Waals surface area contributed by atoms with Gasteiger partial charge in [-0.05, 0) is 41.6 Å². The van der Waals surface area contributed by atoms with Gasteiger partial charge >= 0.3 is 0 Å². The standard InChI is InChI=1S/C25H28N4/c1-25(2,3)16-29-13-10-20-22(15-29)19-7-5-4-6-18(19)21-14-27-24(28-23(20)21)17-8-11-26-12-9-17/h4-9,11-12,14,20,22H,10,13,15-16H2,1-3H3. The summed E-state index contributed by atoms with van der Waals surface area (Å²) in [7, 11) is 0. The van der Waals surface area contributed by atoms with Gasteiger partial charge in [0.15, 0.2) is 5.82 Å². The second-order valence-corrected chi connectivity index (χ2v) is 9.61. The van der Waals surface area contributed by atoms with Gasteiger partial charge in [0, 0.05) is 54.6 Å². The summed E-state index contributed by atoms with van der Waals surface area (Å²) in [5, 5.41) is 0. The quantitative estimate of drug-likeness (QED) is 0.614. The Hall–Kier alpha value is -2.59. The smallest absolute Gasteiger partial charge is 0.159 e. The van der Waals surface area contributed by atoms with E-state index in [9.17, 15) is 0 Å². The van der Waals surface area contributed by atoms with Crippen LogP contribution in [0.1, 0.15) is 50.3 Å². The highest BCUT2D eigenvalue weighted by Gasteiger charge is 2.39. The van der Waals surface area contributed by atoms with Gasteiger partial charge in [-0.3, -0.25) is 4.98 Å². The van der Waals surface area contributed by atoms with Crippen LogP contribution in [-0.2, 0) is 0 Å². The molecule has 2 aromatic heterocycles. The molecular weight excluding hydrogens is 356 g/mol. The minimum atomic E-state index is 0.315. The van der Waals surface area contributed by atoms with Gasteiger partial charge in [0.1, 0.15) is 0 Å². The van der Waals surface area contributed by atoms with Gasteiger partial charge in [-0.1, -0.05) is 45.0 Å². The number of fused-ring (bicyclic) bond motifs is 6. The summed E-state index contributed by atoms with van der Waals surface area (Å²) in [5.41, 5.74) is 6.56. The minimum Gasteiger partial charge on any atom is -0.302 e. The second kappa shape index (κ2) is 7.03. The highest BCUT2D eigenvalue weighted by molar-refractivity contribution is 5.74. The predicted molar refractivity (Wildman–Crippen MR) is 117 cm³/mol. The van der Waals surface area contributed by atoms with Crippen LogP contribution in [0.2, 0.25) is 0 Å². The van der Waals surface area contributed by atoms with Crippen molar-refractivity contribution < 1.29 is 0 Å². The first-order valence-electron chi connectivity index (χ1n) is 10.6. The summed E-state index contributed by atoms with van der Waals surface area (Å²) >= 11 is 0. The molecule has 3 heterocycles. The number of benzene rings is 1. The van der Waals surface area contributed by atoms with Crippen molar-refractivity contribution in [2.75, 3.05) is 19.6 Å². The second-order valence-electron chi connectivity index (χ2n) is 9.61. The van der Waals surface area contributed by atoms with E-state index in [4.69, 9.17) is 9.97 Å². The van der Waals surface area contributed by atoms with Gasteiger partial charge in [0.05, 0.1) is 5.69 Å². The van der Waals surface area contributed by atoms with E-state index in [0.29, 0.717) is 17.3 Å². The van der Waals surface area contributed by atoms with Crippen LogP contribution in [-0.4, -0.2) is 39.5 Å². The minimum absolute atomic E-state index is 0.315. The Morgan fingerprint density at radius 3 is 2.59 bits per heavy atom. The predicted octanol–water partition coefficient (Wildman–Crippen LogP) is 5.14. The third-order valence-corrected chi connectivity index (χ3v) is 6.15. The van der Waals surface area contributed by atoms with Crippen LogP contribution in [0.15, 0.2) is 55.0 Å². The van der Waals surface area contributed by atoms with Gasteiger partial charge in [0.2, 0.25) is 0 Å². The molecule has 148 valence electrons. The Labute approximate surface area is 173 Å². The molecule has 4 nitrogen and oxygen atoms in total. The van der Waals surface area contributed by atoms with Gasteiger partial charge in [0.25, 0.3) is 0 Å². The Bertz CT molecular complexity index is 1020. The van der Waals surface area contributed by atoms with E-state index in [1.165, 1.54) is 22.4 Å². The van der Waals surface area contributed by atoms with Gasteiger partial charge in [-0.15, -0.1) is 0 Å². The van der Waals surface area contributed by atoms with Crippen molar-refractivity contribution in [3.63, 3.8) is 0 Å². The van der Waals surface area contributed by atoms with Crippen LogP contribution in [0.3, 0.4) is 0 Å². The normalized spacial score (nSPS) is 21.2. The van der Waals surface area contributed by atoms with E-state index < -0.39 is 0 Å². The number of hydrogen-bond donors (Lipinski definition) is 0. The maximum absolute atomic E-state index is 5.11. The van der Waals surface area contributed by atoms with Crippen molar-refractivity contribution in [3.05, 3.63) is 66.2 Å². The molecule has 5 rings (SSSR count). The molecular formula is C25H28N4. The van der Waals surface area contributed by atoms with Gasteiger partial charge in [-0.25, -0.2) is 9.97 Å². The lowest BCUT2D eigenvalue weighted by atomic mass is 9.70. The summed E-state index contributed by atoms with van der Waals surface area (Å²) < 4.78 is 0. The van der Waals surface area contributed by atoms with Crippen molar-refractivity contribution in [2.45, 2.75) is 39.0 Å². The number of rotatable bonds is 2. The van der Waals surface area contributed by atoms with E-state index in [2.05, 4.69) is 54.9 Å². The molecule has 2 aliphatic rings. The zero-order valence-electron chi connectivity index (χ0n) is 17.5. The van der Waals surface area contributed by atoms with E-state index in [-0.39, 0.29) is 0 Å². The van der Waals surface area contributed by atoms with Gasteiger partial charge in [-0.2, -0.15) is 0 Å². The molecule has 4 heteroatoms. The maximum atomic E-state index is 5.11. The van der Waals surface area contributed by atoms with Crippen LogP contribution >= 0.6 is 0 Å². The Morgan fingerprint density at radius 1 is 1.00 bits per heavy atom. The van der Waals surface area contributed by atoms with Crippen molar-refractivity contribution in [1.82, 2.24) is 19.9 Å².